The first-order chi connectivity index (χ1) is 40.1. The van der Waals surface area contributed by atoms with Crippen LogP contribution in [0.3, 0.4) is 0 Å². The van der Waals surface area contributed by atoms with Gasteiger partial charge in [-0.3, -0.25) is 4.57 Å². The van der Waals surface area contributed by atoms with Crippen molar-refractivity contribution in [3.63, 3.8) is 0 Å². The van der Waals surface area contributed by atoms with Crippen LogP contribution in [0.15, 0.2) is 187 Å². The third kappa shape index (κ3) is 4.99. The van der Waals surface area contributed by atoms with Gasteiger partial charge in [-0.05, 0) is 77.5 Å². The van der Waals surface area contributed by atoms with Crippen LogP contribution in [0.1, 0.15) is 48.1 Å². The summed E-state index contributed by atoms with van der Waals surface area (Å²) in [5.74, 6) is -0.974. The summed E-state index contributed by atoms with van der Waals surface area (Å²) in [5, 5.41) is -2.91. The van der Waals surface area contributed by atoms with Gasteiger partial charge in [0.2, 0.25) is 5.95 Å². The molecule has 0 spiro atoms. The zero-order valence-electron chi connectivity index (χ0n) is 58.8. The normalized spacial score (nSPS) is 19.6. The predicted molar refractivity (Wildman–Crippen MR) is 229 cm³/mol. The second-order valence-electron chi connectivity index (χ2n) is 11.9. The lowest BCUT2D eigenvalue weighted by Crippen LogP contribution is -2.03. The van der Waals surface area contributed by atoms with E-state index >= 15 is 0 Å². The Morgan fingerprint density at radius 2 is 0.909 bits per heavy atom. The number of aromatic nitrogens is 4. The molecule has 0 radical (unpaired) electrons. The van der Waals surface area contributed by atoms with E-state index < -0.39 is 287 Å². The van der Waals surface area contributed by atoms with Gasteiger partial charge in [-0.2, -0.15) is 0 Å². The Hall–Kier alpha value is -7.30. The lowest BCUT2D eigenvalue weighted by molar-refractivity contribution is 1.01. The number of hydrogen-bond donors (Lipinski definition) is 0. The molecule has 3 aromatic heterocycles. The molecule has 0 unspecified atom stereocenters. The minimum absolute atomic E-state index is 0.138. The molecule has 4 nitrogen and oxygen atoms in total. The largest absolute Gasteiger partial charge is 0.309 e. The smallest absolute Gasteiger partial charge is 0.235 e. The molecule has 258 valence electrons. The van der Waals surface area contributed by atoms with Gasteiger partial charge in [-0.15, -0.1) is 0 Å². The molecule has 0 saturated carbocycles. The summed E-state index contributed by atoms with van der Waals surface area (Å²) in [4.78, 5) is 9.24. The number of benzene rings is 8. The van der Waals surface area contributed by atoms with Crippen LogP contribution in [0.5, 0.6) is 0 Å². The fraction of sp³-hybridized carbons (Fsp3) is 0.0196. The van der Waals surface area contributed by atoms with Crippen molar-refractivity contribution >= 4 is 54.5 Å². The Labute approximate surface area is 361 Å². The van der Waals surface area contributed by atoms with Gasteiger partial charge in [0.05, 0.1) is 75.8 Å². The number of hydrogen-bond acceptors (Lipinski definition) is 2. The highest BCUT2D eigenvalue weighted by Crippen LogP contribution is 2.42. The summed E-state index contributed by atoms with van der Waals surface area (Å²) in [6.45, 7) is 1.29. The van der Waals surface area contributed by atoms with Gasteiger partial charge in [0.15, 0.2) is 0 Å². The monoisotopic (exact) mass is 733 g/mol. The summed E-state index contributed by atoms with van der Waals surface area (Å²) in [6.07, 6.45) is 0. The van der Waals surface area contributed by atoms with Crippen molar-refractivity contribution in [2.75, 3.05) is 0 Å². The lowest BCUT2D eigenvalue weighted by Gasteiger charge is -2.13. The maximum Gasteiger partial charge on any atom is 0.235 e. The number of fused-ring (bicyclic) bond motifs is 8. The highest BCUT2D eigenvalue weighted by molar-refractivity contribution is 6.28. The second kappa shape index (κ2) is 12.4. The highest BCUT2D eigenvalue weighted by Gasteiger charge is 2.22. The molecule has 0 aliphatic rings. The minimum atomic E-state index is -1.11. The molecule has 0 atom stereocenters. The van der Waals surface area contributed by atoms with E-state index in [-0.39, 0.29) is 5.56 Å². The molecule has 55 heavy (non-hydrogen) atoms. The van der Waals surface area contributed by atoms with E-state index in [1.165, 1.54) is 6.92 Å². The van der Waals surface area contributed by atoms with Gasteiger partial charge in [0.1, 0.15) is 0 Å². The molecule has 0 bridgehead atoms. The van der Waals surface area contributed by atoms with Gasteiger partial charge >= 0.3 is 0 Å². The molecule has 0 aliphatic carbocycles. The Morgan fingerprint density at radius 1 is 0.400 bits per heavy atom. The van der Waals surface area contributed by atoms with Crippen molar-refractivity contribution in [3.05, 3.63) is 193 Å². The summed E-state index contributed by atoms with van der Waals surface area (Å²) in [7, 11) is 0. The lowest BCUT2D eigenvalue weighted by atomic mass is 9.99. The van der Waals surface area contributed by atoms with Crippen LogP contribution in [-0.4, -0.2) is 19.1 Å². The molecular weight excluding hydrogens is 669 g/mol. The van der Waals surface area contributed by atoms with Crippen molar-refractivity contribution in [3.8, 4) is 45.1 Å². The average Bonchev–Trinajstić information content (AvgIpc) is 1.49. The van der Waals surface area contributed by atoms with E-state index in [9.17, 15) is 17.8 Å². The van der Waals surface area contributed by atoms with E-state index in [1.54, 1.807) is 0 Å². The first-order valence-electron chi connectivity index (χ1n) is 31.7. The molecule has 0 amide bonds. The Balaban J connectivity index is 1.43. The quantitative estimate of drug-likeness (QED) is 0.177. The van der Waals surface area contributed by atoms with Gasteiger partial charge < -0.3 is 4.57 Å². The topological polar surface area (TPSA) is 35.6 Å². The molecule has 0 N–H and O–H groups in total. The fourth-order valence-electron chi connectivity index (χ4n) is 6.38. The van der Waals surface area contributed by atoms with E-state index in [0.717, 1.165) is 9.13 Å². The molecular formula is C51H34N4. The number of rotatable bonds is 5. The van der Waals surface area contributed by atoms with Crippen LogP contribution in [0, 0.1) is 6.92 Å². The third-order valence-electron chi connectivity index (χ3n) is 8.73. The SMILES string of the molecule is [2H]c1c([2H])c([2H])c(-c2c([2H])c([2H])c(-c3nc(-n4c5c([2H])c([2H])c([2H])c([2H])c5c5c6c7c([2H])c([2H])c([2H])c([2H])c7n(-c7c([2H])c([2H])c(C)c([2H])c7[2H])c6c([2H])c([2H])c54)nc4c([2H])c(-c5c([2H])c([2H])c([2H])c([2H])c5[2H])c([2H])c([2H])c34)c([2H])c2[2H])c([2H])c1[2H]. The van der Waals surface area contributed by atoms with Crippen LogP contribution in [0.25, 0.3) is 99.7 Å². The molecule has 11 aromatic rings. The van der Waals surface area contributed by atoms with Crippen molar-refractivity contribution in [2.24, 2.45) is 0 Å². The maximum absolute atomic E-state index is 9.94. The fourth-order valence-corrected chi connectivity index (χ4v) is 6.38. The van der Waals surface area contributed by atoms with E-state index in [2.05, 4.69) is 9.97 Å². The van der Waals surface area contributed by atoms with Crippen LogP contribution in [0.4, 0.5) is 0 Å². The Morgan fingerprint density at radius 3 is 1.56 bits per heavy atom. The molecule has 8 aromatic carbocycles. The molecule has 0 aliphatic heterocycles. The number of nitrogens with zero attached hydrogens (tertiary/aromatic N) is 4. The van der Waals surface area contributed by atoms with Crippen molar-refractivity contribution in [1.82, 2.24) is 19.1 Å². The summed E-state index contributed by atoms with van der Waals surface area (Å²) in [6, 6.07) is -28.8. The van der Waals surface area contributed by atoms with Crippen LogP contribution in [0.2, 0.25) is 0 Å². The van der Waals surface area contributed by atoms with Crippen molar-refractivity contribution in [1.29, 1.82) is 0 Å². The Bertz CT molecular complexity index is 4970. The van der Waals surface area contributed by atoms with Gasteiger partial charge in [0, 0.05) is 38.2 Å². The van der Waals surface area contributed by atoms with E-state index in [4.69, 9.17) is 24.7 Å². The highest BCUT2D eigenvalue weighted by atomic mass is 15.2. The molecule has 3 heterocycles. The first kappa shape index (κ1) is 13.2. The van der Waals surface area contributed by atoms with Gasteiger partial charge in [0.25, 0.3) is 0 Å². The van der Waals surface area contributed by atoms with Crippen LogP contribution >= 0.6 is 0 Å². The standard InChI is InChI=1S/C51H34N4/c1-33-20-27-39(28-21-33)54-44-18-10-8-16-41(44)48-46(54)30-31-47-49(48)42-17-9-11-19-45(42)55(47)51-52-43-32-38(35-14-6-3-7-15-35)26-29-40(43)50(53-51)37-24-22-36(23-25-37)34-12-4-2-5-13-34/h2-32H,1H3/i2D,3D,4D,5D,6D,7D,8D,9D,10D,11D,12D,13D,14D,15D,16D,17D,18D,19D,20D,21D,22D,23D,24D,25D,26D,27D,28D,29D,30D,31D,32D. The van der Waals surface area contributed by atoms with Gasteiger partial charge in [-0.25, -0.2) is 9.97 Å². The number of para-hydroxylation sites is 2. The minimum Gasteiger partial charge on any atom is -0.309 e. The Kier molecular flexibility index (Phi) is 2.98. The molecule has 11 rings (SSSR count). The second-order valence-corrected chi connectivity index (χ2v) is 11.9. The predicted octanol–water partition coefficient (Wildman–Crippen LogP) is 13.1. The summed E-state index contributed by atoms with van der Waals surface area (Å²) < 4.78 is 282. The first-order valence-corrected chi connectivity index (χ1v) is 16.2. The van der Waals surface area contributed by atoms with Crippen LogP contribution in [-0.2, 0) is 0 Å². The molecule has 4 heteroatoms. The van der Waals surface area contributed by atoms with Gasteiger partial charge in [-0.1, -0.05) is 145 Å². The summed E-state index contributed by atoms with van der Waals surface area (Å²) >= 11 is 0. The maximum atomic E-state index is 9.94. The van der Waals surface area contributed by atoms with E-state index in [0.29, 0.717) is 0 Å². The average molecular weight is 734 g/mol. The molecule has 0 fully saturated rings. The zero-order chi connectivity index (χ0) is 63.4. The molecule has 0 saturated heterocycles. The van der Waals surface area contributed by atoms with Crippen LogP contribution < -0.4 is 0 Å². The van der Waals surface area contributed by atoms with Crippen molar-refractivity contribution < 1.29 is 42.5 Å². The zero-order valence-corrected chi connectivity index (χ0v) is 27.8. The van der Waals surface area contributed by atoms with E-state index in [1.807, 2.05) is 0 Å². The van der Waals surface area contributed by atoms with Crippen molar-refractivity contribution in [2.45, 2.75) is 6.92 Å². The summed E-state index contributed by atoms with van der Waals surface area (Å²) in [5.41, 5.74) is -9.27. The third-order valence-corrected chi connectivity index (χ3v) is 8.73.